The molecule has 3 unspecified atom stereocenters. The standard InChI is InChI=1S/C31H53FN2OS/c1-6-28(34-22-24(4)9-8-20-36-34)15-10-23(3)21-33-25(5)30(7-2)31(18-16-29(35)17-19-31)26-11-13-27(32)14-12-26/h11-14,23-25,28-30,33,35H,6-10,15-22H2,1-5H3/t23?,24-,25?,28?,29?,30-,31?/m1/s1. The Hall–Kier alpha value is -0.620. The van der Waals surface area contributed by atoms with Gasteiger partial charge in [0.15, 0.2) is 0 Å². The molecule has 206 valence electrons. The molecule has 0 radical (unpaired) electrons. The number of aliphatic hydroxyl groups excluding tert-OH is 1. The zero-order chi connectivity index (χ0) is 26.1. The Bertz CT molecular complexity index is 751. The van der Waals surface area contributed by atoms with E-state index in [0.29, 0.717) is 23.9 Å². The Balaban J connectivity index is 1.58. The van der Waals surface area contributed by atoms with Gasteiger partial charge in [0.05, 0.1) is 6.10 Å². The van der Waals surface area contributed by atoms with Gasteiger partial charge in [-0.2, -0.15) is 0 Å². The van der Waals surface area contributed by atoms with Gasteiger partial charge in [0.1, 0.15) is 5.82 Å². The normalized spacial score (nSPS) is 29.3. The van der Waals surface area contributed by atoms with Crippen LogP contribution in [0.3, 0.4) is 0 Å². The topological polar surface area (TPSA) is 35.5 Å². The van der Waals surface area contributed by atoms with Crippen molar-refractivity contribution in [2.24, 2.45) is 17.8 Å². The van der Waals surface area contributed by atoms with Gasteiger partial charge in [-0.1, -0.05) is 58.2 Å². The van der Waals surface area contributed by atoms with E-state index in [2.05, 4.69) is 56.2 Å². The van der Waals surface area contributed by atoms with Crippen molar-refractivity contribution in [1.82, 2.24) is 9.62 Å². The first-order valence-corrected chi connectivity index (χ1v) is 15.8. The highest BCUT2D eigenvalue weighted by Crippen LogP contribution is 2.48. The molecule has 5 atom stereocenters. The van der Waals surface area contributed by atoms with Crippen LogP contribution in [-0.2, 0) is 5.41 Å². The number of hydrogen-bond acceptors (Lipinski definition) is 4. The van der Waals surface area contributed by atoms with E-state index in [1.807, 2.05) is 12.1 Å². The van der Waals surface area contributed by atoms with Crippen molar-refractivity contribution in [1.29, 1.82) is 0 Å². The predicted octanol–water partition coefficient (Wildman–Crippen LogP) is 7.58. The van der Waals surface area contributed by atoms with Gasteiger partial charge < -0.3 is 10.4 Å². The van der Waals surface area contributed by atoms with Gasteiger partial charge in [-0.3, -0.25) is 0 Å². The van der Waals surface area contributed by atoms with Gasteiger partial charge in [0.2, 0.25) is 0 Å². The Kier molecular flexibility index (Phi) is 12.1. The third kappa shape index (κ3) is 7.94. The minimum Gasteiger partial charge on any atom is -0.393 e. The smallest absolute Gasteiger partial charge is 0.123 e. The first kappa shape index (κ1) is 29.9. The molecule has 1 heterocycles. The summed E-state index contributed by atoms with van der Waals surface area (Å²) in [5, 5.41) is 14.2. The van der Waals surface area contributed by atoms with E-state index in [0.717, 1.165) is 44.6 Å². The quantitative estimate of drug-likeness (QED) is 0.279. The fourth-order valence-corrected chi connectivity index (χ4v) is 8.33. The van der Waals surface area contributed by atoms with E-state index in [-0.39, 0.29) is 17.3 Å². The van der Waals surface area contributed by atoms with Gasteiger partial charge in [-0.15, -0.1) is 0 Å². The summed E-state index contributed by atoms with van der Waals surface area (Å²) >= 11 is 2.09. The molecule has 1 saturated carbocycles. The van der Waals surface area contributed by atoms with Crippen molar-refractivity contribution < 1.29 is 9.50 Å². The third-order valence-electron chi connectivity index (χ3n) is 9.27. The van der Waals surface area contributed by atoms with Crippen LogP contribution in [0.2, 0.25) is 0 Å². The average molecular weight is 521 g/mol. The summed E-state index contributed by atoms with van der Waals surface area (Å²) in [4.78, 5) is 0. The van der Waals surface area contributed by atoms with Crippen molar-refractivity contribution in [3.8, 4) is 0 Å². The number of halogens is 1. The van der Waals surface area contributed by atoms with Crippen LogP contribution in [0.25, 0.3) is 0 Å². The highest BCUT2D eigenvalue weighted by atomic mass is 32.2. The van der Waals surface area contributed by atoms with Crippen LogP contribution in [0, 0.1) is 23.6 Å². The second-order valence-corrected chi connectivity index (χ2v) is 13.2. The molecular weight excluding hydrogens is 467 g/mol. The van der Waals surface area contributed by atoms with E-state index < -0.39 is 0 Å². The average Bonchev–Trinajstić information content (AvgIpc) is 3.09. The minimum atomic E-state index is -0.198. The van der Waals surface area contributed by atoms with E-state index in [1.165, 1.54) is 50.0 Å². The molecular formula is C31H53FN2OS. The van der Waals surface area contributed by atoms with Crippen LogP contribution in [0.5, 0.6) is 0 Å². The van der Waals surface area contributed by atoms with Crippen molar-refractivity contribution in [3.63, 3.8) is 0 Å². The fourth-order valence-electron chi connectivity index (χ4n) is 6.98. The summed E-state index contributed by atoms with van der Waals surface area (Å²) in [7, 11) is 0. The lowest BCUT2D eigenvalue weighted by Gasteiger charge is -2.48. The van der Waals surface area contributed by atoms with Crippen LogP contribution >= 0.6 is 11.9 Å². The van der Waals surface area contributed by atoms with Crippen molar-refractivity contribution in [3.05, 3.63) is 35.6 Å². The Morgan fingerprint density at radius 2 is 1.78 bits per heavy atom. The molecule has 1 aromatic rings. The molecule has 1 aromatic carbocycles. The predicted molar refractivity (Wildman–Crippen MR) is 154 cm³/mol. The molecule has 2 fully saturated rings. The summed E-state index contributed by atoms with van der Waals surface area (Å²) < 4.78 is 16.5. The lowest BCUT2D eigenvalue weighted by Crippen LogP contribution is -2.49. The molecule has 2 N–H and O–H groups in total. The number of nitrogens with one attached hydrogen (secondary N) is 1. The molecule has 2 aliphatic rings. The zero-order valence-corrected chi connectivity index (χ0v) is 24.5. The van der Waals surface area contributed by atoms with Crippen LogP contribution in [0.15, 0.2) is 24.3 Å². The van der Waals surface area contributed by atoms with Gasteiger partial charge in [0.25, 0.3) is 0 Å². The highest BCUT2D eigenvalue weighted by Gasteiger charge is 2.44. The first-order chi connectivity index (χ1) is 17.3. The lowest BCUT2D eigenvalue weighted by atomic mass is 9.59. The maximum atomic E-state index is 13.7. The number of nitrogens with zero attached hydrogens (tertiary/aromatic N) is 1. The fraction of sp³-hybridized carbons (Fsp3) is 0.806. The molecule has 1 saturated heterocycles. The molecule has 0 amide bonds. The van der Waals surface area contributed by atoms with E-state index >= 15 is 0 Å². The zero-order valence-electron chi connectivity index (χ0n) is 23.6. The second kappa shape index (κ2) is 14.5. The van der Waals surface area contributed by atoms with Gasteiger partial charge >= 0.3 is 0 Å². The van der Waals surface area contributed by atoms with Crippen LogP contribution in [-0.4, -0.2) is 46.4 Å². The molecule has 0 aromatic heterocycles. The van der Waals surface area contributed by atoms with Crippen LogP contribution in [0.1, 0.15) is 104 Å². The molecule has 0 spiro atoms. The Morgan fingerprint density at radius 1 is 1.08 bits per heavy atom. The van der Waals surface area contributed by atoms with Gasteiger partial charge in [0, 0.05) is 24.4 Å². The van der Waals surface area contributed by atoms with Crippen LogP contribution < -0.4 is 5.32 Å². The number of aliphatic hydroxyl groups is 1. The van der Waals surface area contributed by atoms with E-state index in [9.17, 15) is 9.50 Å². The SMILES string of the molecule is CCC(CCC(C)CNC(C)[C@@H](CC)C1(c2ccc(F)cc2)CCC(O)CC1)N1C[C@H](C)CCCS1. The lowest BCUT2D eigenvalue weighted by molar-refractivity contribution is 0.0592. The van der Waals surface area contributed by atoms with E-state index in [4.69, 9.17) is 0 Å². The summed E-state index contributed by atoms with van der Waals surface area (Å²) in [6, 6.07) is 8.29. The molecule has 1 aliphatic carbocycles. The minimum absolute atomic E-state index is 0.00529. The summed E-state index contributed by atoms with van der Waals surface area (Å²) in [5.41, 5.74) is 1.25. The summed E-state index contributed by atoms with van der Waals surface area (Å²) in [5.74, 6) is 3.02. The maximum Gasteiger partial charge on any atom is 0.123 e. The van der Waals surface area contributed by atoms with Crippen molar-refractivity contribution in [2.45, 2.75) is 122 Å². The summed E-state index contributed by atoms with van der Waals surface area (Å²) in [6.45, 7) is 14.1. The largest absolute Gasteiger partial charge is 0.393 e. The highest BCUT2D eigenvalue weighted by molar-refractivity contribution is 7.97. The first-order valence-electron chi connectivity index (χ1n) is 14.9. The van der Waals surface area contributed by atoms with Crippen molar-refractivity contribution >= 4 is 11.9 Å². The Morgan fingerprint density at radius 3 is 2.42 bits per heavy atom. The molecule has 3 rings (SSSR count). The monoisotopic (exact) mass is 520 g/mol. The third-order valence-corrected chi connectivity index (χ3v) is 10.5. The second-order valence-electron chi connectivity index (χ2n) is 12.0. The van der Waals surface area contributed by atoms with Crippen LogP contribution in [0.4, 0.5) is 4.39 Å². The molecule has 0 bridgehead atoms. The number of benzene rings is 1. The molecule has 5 heteroatoms. The van der Waals surface area contributed by atoms with Gasteiger partial charge in [-0.25, -0.2) is 8.70 Å². The van der Waals surface area contributed by atoms with E-state index in [1.54, 1.807) is 12.1 Å². The summed E-state index contributed by atoms with van der Waals surface area (Å²) in [6.07, 6.45) is 11.0. The number of rotatable bonds is 12. The van der Waals surface area contributed by atoms with Gasteiger partial charge in [-0.05, 0) is 112 Å². The van der Waals surface area contributed by atoms with Crippen molar-refractivity contribution in [2.75, 3.05) is 18.8 Å². The maximum absolute atomic E-state index is 13.7. The molecule has 36 heavy (non-hydrogen) atoms. The molecule has 1 aliphatic heterocycles. The Labute approximate surface area is 225 Å². The molecule has 3 nitrogen and oxygen atoms in total. The number of hydrogen-bond donors (Lipinski definition) is 2.